The van der Waals surface area contributed by atoms with Gasteiger partial charge in [-0.05, 0) is 144 Å². The number of fused-ring (bicyclic) bond motifs is 10. The Hall–Kier alpha value is -6.33. The summed E-state index contributed by atoms with van der Waals surface area (Å²) in [6.07, 6.45) is 0. The Balaban J connectivity index is 1.20. The molecule has 0 N–H and O–H groups in total. The minimum Gasteiger partial charge on any atom is -0.0623 e. The van der Waals surface area contributed by atoms with Gasteiger partial charge in [-0.25, -0.2) is 0 Å². The van der Waals surface area contributed by atoms with Crippen molar-refractivity contribution in [1.82, 2.24) is 0 Å². The predicted molar refractivity (Wildman–Crippen MR) is 257 cm³/mol. The van der Waals surface area contributed by atoms with Gasteiger partial charge in [0.1, 0.15) is 16.1 Å². The van der Waals surface area contributed by atoms with Crippen molar-refractivity contribution in [3.05, 3.63) is 182 Å². The van der Waals surface area contributed by atoms with Crippen LogP contribution >= 0.6 is 0 Å². The van der Waals surface area contributed by atoms with Crippen LogP contribution in [-0.2, 0) is 0 Å². The third-order valence-electron chi connectivity index (χ3n) is 13.8. The van der Waals surface area contributed by atoms with E-state index in [-0.39, 0.29) is 0 Å². The molecule has 0 radical (unpaired) electrons. The Bertz CT molecular complexity index is 3240. The fourth-order valence-corrected chi connectivity index (χ4v) is 17.2. The SMILES string of the molecule is C[Si]1(C)c2ccccc2-c2c(-c3cccc4c(-c5ccc6cc7ccccc7cc6c5)c5cccc(-c6cccc7c6-c6ccccc6[Si]7(C)C)c5cc34)cccc21. The maximum Gasteiger partial charge on any atom is 0.113 e. The molecule has 12 rings (SSSR count). The van der Waals surface area contributed by atoms with Crippen LogP contribution in [0.1, 0.15) is 0 Å². The highest BCUT2D eigenvalue weighted by Crippen LogP contribution is 2.47. The van der Waals surface area contributed by atoms with Crippen molar-refractivity contribution in [1.29, 1.82) is 0 Å². The number of hydrogen-bond acceptors (Lipinski definition) is 0. The zero-order valence-electron chi connectivity index (χ0n) is 33.3. The van der Waals surface area contributed by atoms with Crippen LogP contribution in [0.25, 0.3) is 98.7 Å². The third-order valence-corrected chi connectivity index (χ3v) is 20.9. The third kappa shape index (κ3) is 4.62. The van der Waals surface area contributed by atoms with Crippen LogP contribution in [-0.4, -0.2) is 16.1 Å². The van der Waals surface area contributed by atoms with Gasteiger partial charge in [-0.2, -0.15) is 0 Å². The lowest BCUT2D eigenvalue weighted by Gasteiger charge is -2.21. The molecular weight excluding hydrogens is 729 g/mol. The van der Waals surface area contributed by atoms with Crippen molar-refractivity contribution in [3.8, 4) is 55.6 Å². The number of hydrogen-bond donors (Lipinski definition) is 0. The second-order valence-corrected chi connectivity index (χ2v) is 26.3. The molecule has 274 valence electrons. The zero-order valence-corrected chi connectivity index (χ0v) is 35.3. The van der Waals surface area contributed by atoms with E-state index in [1.165, 1.54) is 109 Å². The summed E-state index contributed by atoms with van der Waals surface area (Å²) in [5, 5.41) is 16.4. The van der Waals surface area contributed by atoms with E-state index in [4.69, 9.17) is 0 Å². The molecule has 10 aromatic carbocycles. The molecule has 0 fully saturated rings. The summed E-state index contributed by atoms with van der Waals surface area (Å²) in [4.78, 5) is 0. The lowest BCUT2D eigenvalue weighted by atomic mass is 9.84. The van der Waals surface area contributed by atoms with E-state index in [1.807, 2.05) is 0 Å². The van der Waals surface area contributed by atoms with Crippen LogP contribution in [0.4, 0.5) is 0 Å². The summed E-state index contributed by atoms with van der Waals surface area (Å²) in [7, 11) is -3.73. The van der Waals surface area contributed by atoms with E-state index < -0.39 is 16.1 Å². The average molecular weight is 771 g/mol. The molecule has 2 heterocycles. The second kappa shape index (κ2) is 12.1. The summed E-state index contributed by atoms with van der Waals surface area (Å²) < 4.78 is 0. The first-order valence-electron chi connectivity index (χ1n) is 20.7. The molecule has 0 aromatic heterocycles. The minimum absolute atomic E-state index is 1.25. The van der Waals surface area contributed by atoms with E-state index >= 15 is 0 Å². The monoisotopic (exact) mass is 770 g/mol. The van der Waals surface area contributed by atoms with Crippen molar-refractivity contribution in [3.63, 3.8) is 0 Å². The van der Waals surface area contributed by atoms with Gasteiger partial charge in [0, 0.05) is 0 Å². The van der Waals surface area contributed by atoms with Gasteiger partial charge in [-0.3, -0.25) is 0 Å². The van der Waals surface area contributed by atoms with E-state index in [9.17, 15) is 0 Å². The molecule has 2 aliphatic rings. The Morgan fingerprint density at radius 1 is 0.259 bits per heavy atom. The van der Waals surface area contributed by atoms with Gasteiger partial charge >= 0.3 is 0 Å². The summed E-state index contributed by atoms with van der Waals surface area (Å²) >= 11 is 0. The Labute approximate surface area is 342 Å². The van der Waals surface area contributed by atoms with Crippen LogP contribution in [0.2, 0.25) is 26.2 Å². The van der Waals surface area contributed by atoms with Crippen molar-refractivity contribution in [2.45, 2.75) is 26.2 Å². The van der Waals surface area contributed by atoms with Gasteiger partial charge in [0.25, 0.3) is 0 Å². The maximum atomic E-state index is 2.54. The molecule has 0 saturated carbocycles. The largest absolute Gasteiger partial charge is 0.113 e. The molecule has 10 aromatic rings. The van der Waals surface area contributed by atoms with Crippen molar-refractivity contribution < 1.29 is 0 Å². The topological polar surface area (TPSA) is 0 Å². The van der Waals surface area contributed by atoms with Gasteiger partial charge < -0.3 is 0 Å². The highest BCUT2D eigenvalue weighted by atomic mass is 28.3. The molecule has 0 nitrogen and oxygen atoms in total. The molecule has 2 heteroatoms. The molecule has 58 heavy (non-hydrogen) atoms. The lowest BCUT2D eigenvalue weighted by Crippen LogP contribution is -2.49. The van der Waals surface area contributed by atoms with Gasteiger partial charge in [0.15, 0.2) is 0 Å². The van der Waals surface area contributed by atoms with Gasteiger partial charge in [-0.1, -0.05) is 184 Å². The summed E-state index contributed by atoms with van der Waals surface area (Å²) in [5.74, 6) is 0. The number of rotatable bonds is 3. The molecule has 0 unspecified atom stereocenters. The van der Waals surface area contributed by atoms with E-state index in [0.29, 0.717) is 0 Å². The first-order chi connectivity index (χ1) is 28.3. The van der Waals surface area contributed by atoms with E-state index in [1.54, 1.807) is 10.4 Å². The zero-order chi connectivity index (χ0) is 38.9. The molecule has 0 aliphatic carbocycles. The fraction of sp³-hybridized carbons (Fsp3) is 0.0714. The maximum absolute atomic E-state index is 2.54. The van der Waals surface area contributed by atoms with Crippen LogP contribution in [0.3, 0.4) is 0 Å². The van der Waals surface area contributed by atoms with Crippen LogP contribution in [0, 0.1) is 0 Å². The highest BCUT2D eigenvalue weighted by molar-refractivity contribution is 7.04. The van der Waals surface area contributed by atoms with Crippen molar-refractivity contribution in [2.24, 2.45) is 0 Å². The van der Waals surface area contributed by atoms with E-state index in [2.05, 4.69) is 208 Å². The van der Waals surface area contributed by atoms with Gasteiger partial charge in [0.05, 0.1) is 0 Å². The highest BCUT2D eigenvalue weighted by Gasteiger charge is 2.40. The standard InChI is InChI=1S/C56H42Si2/c1-57(2)50-25-9-7-17-46(50)55-42(23-13-27-52(55)57)40-19-11-21-44-48(40)34-49-41(43-24-14-28-53-56(43)47-18-8-10-26-51(47)58(53,3)4)20-12-22-45(49)54(44)38-30-29-37-31-35-15-5-6-16-36(35)32-39(37)33-38/h5-34H,1-4H3. The lowest BCUT2D eigenvalue weighted by molar-refractivity contribution is 1.64. The molecule has 0 saturated heterocycles. The normalized spacial score (nSPS) is 14.5. The van der Waals surface area contributed by atoms with Crippen LogP contribution in [0.15, 0.2) is 182 Å². The predicted octanol–water partition coefficient (Wildman–Crippen LogP) is 12.9. The average Bonchev–Trinajstić information content (AvgIpc) is 3.64. The van der Waals surface area contributed by atoms with Crippen LogP contribution < -0.4 is 20.7 Å². The first kappa shape index (κ1) is 33.8. The van der Waals surface area contributed by atoms with Gasteiger partial charge in [0.2, 0.25) is 0 Å². The first-order valence-corrected chi connectivity index (χ1v) is 26.7. The number of benzene rings is 10. The molecule has 2 aliphatic heterocycles. The quantitative estimate of drug-likeness (QED) is 0.124. The van der Waals surface area contributed by atoms with Crippen molar-refractivity contribution in [2.75, 3.05) is 0 Å². The summed E-state index contributed by atoms with van der Waals surface area (Å²) in [5.41, 5.74) is 13.5. The van der Waals surface area contributed by atoms with Crippen LogP contribution in [0.5, 0.6) is 0 Å². The Morgan fingerprint density at radius 2 is 0.672 bits per heavy atom. The fourth-order valence-electron chi connectivity index (χ4n) is 11.0. The summed E-state index contributed by atoms with van der Waals surface area (Å²) in [6.45, 7) is 10.1. The molecular formula is C56H42Si2. The molecule has 0 amide bonds. The van der Waals surface area contributed by atoms with Gasteiger partial charge in [-0.15, -0.1) is 0 Å². The van der Waals surface area contributed by atoms with Crippen molar-refractivity contribution >= 4 is 80.0 Å². The summed E-state index contributed by atoms with van der Waals surface area (Å²) in [6, 6.07) is 69.8. The minimum atomic E-state index is -1.87. The molecule has 0 spiro atoms. The molecule has 0 bridgehead atoms. The smallest absolute Gasteiger partial charge is 0.0623 e. The van der Waals surface area contributed by atoms with E-state index in [0.717, 1.165) is 0 Å². The second-order valence-electron chi connectivity index (χ2n) is 17.6. The Morgan fingerprint density at radius 3 is 1.22 bits per heavy atom. The Kier molecular flexibility index (Phi) is 7.04. The molecule has 0 atom stereocenters.